The van der Waals surface area contributed by atoms with Gasteiger partial charge in [0.1, 0.15) is 0 Å². The van der Waals surface area contributed by atoms with Crippen molar-refractivity contribution in [1.29, 1.82) is 0 Å². The fourth-order valence-electron chi connectivity index (χ4n) is 2.11. The molecule has 0 aliphatic heterocycles. The van der Waals surface area contributed by atoms with Gasteiger partial charge < -0.3 is 5.32 Å². The summed E-state index contributed by atoms with van der Waals surface area (Å²) in [5.74, 6) is 0. The number of hydrogen-bond donors (Lipinski definition) is 1. The quantitative estimate of drug-likeness (QED) is 0.758. The van der Waals surface area contributed by atoms with E-state index in [1.54, 1.807) is 0 Å². The Kier molecular flexibility index (Phi) is 6.09. The van der Waals surface area contributed by atoms with Crippen molar-refractivity contribution >= 4 is 0 Å². The standard InChI is InChI=1S/C14H24N2/c1-4-6-14(7-5-2)16-12(3)13-8-10-15-11-9-13/h8-12,14,16H,4-7H2,1-3H3. The first-order valence-corrected chi connectivity index (χ1v) is 6.43. The van der Waals surface area contributed by atoms with Crippen LogP contribution < -0.4 is 5.32 Å². The number of nitrogens with one attached hydrogen (secondary N) is 1. The van der Waals surface area contributed by atoms with Crippen molar-refractivity contribution in [3.63, 3.8) is 0 Å². The summed E-state index contributed by atoms with van der Waals surface area (Å²) < 4.78 is 0. The van der Waals surface area contributed by atoms with Crippen molar-refractivity contribution in [2.45, 2.75) is 58.5 Å². The van der Waals surface area contributed by atoms with Gasteiger partial charge in [-0.3, -0.25) is 4.98 Å². The molecule has 0 radical (unpaired) electrons. The zero-order valence-corrected chi connectivity index (χ0v) is 10.7. The van der Waals surface area contributed by atoms with Gasteiger partial charge >= 0.3 is 0 Å². The molecule has 0 saturated carbocycles. The number of rotatable bonds is 7. The normalized spacial score (nSPS) is 13.0. The van der Waals surface area contributed by atoms with E-state index in [1.807, 2.05) is 12.4 Å². The molecule has 0 aliphatic rings. The molecule has 16 heavy (non-hydrogen) atoms. The Balaban J connectivity index is 2.50. The number of pyridine rings is 1. The minimum absolute atomic E-state index is 0.422. The molecule has 1 aromatic heterocycles. The molecule has 90 valence electrons. The van der Waals surface area contributed by atoms with Crippen LogP contribution in [0.3, 0.4) is 0 Å². The minimum atomic E-state index is 0.422. The molecule has 1 aromatic rings. The summed E-state index contributed by atoms with van der Waals surface area (Å²) in [7, 11) is 0. The average molecular weight is 220 g/mol. The summed E-state index contributed by atoms with van der Waals surface area (Å²) in [5.41, 5.74) is 1.33. The van der Waals surface area contributed by atoms with Crippen LogP contribution in [-0.2, 0) is 0 Å². The summed E-state index contributed by atoms with van der Waals surface area (Å²) in [4.78, 5) is 4.05. The van der Waals surface area contributed by atoms with Gasteiger partial charge in [0.2, 0.25) is 0 Å². The predicted octanol–water partition coefficient (Wildman–Crippen LogP) is 3.70. The lowest BCUT2D eigenvalue weighted by Crippen LogP contribution is -2.31. The van der Waals surface area contributed by atoms with Crippen molar-refractivity contribution in [2.75, 3.05) is 0 Å². The summed E-state index contributed by atoms with van der Waals surface area (Å²) in [6.45, 7) is 6.73. The fourth-order valence-corrected chi connectivity index (χ4v) is 2.11. The maximum atomic E-state index is 4.05. The third kappa shape index (κ3) is 4.31. The van der Waals surface area contributed by atoms with Gasteiger partial charge in [0.05, 0.1) is 0 Å². The molecule has 0 amide bonds. The topological polar surface area (TPSA) is 24.9 Å². The van der Waals surface area contributed by atoms with E-state index in [9.17, 15) is 0 Å². The molecule has 2 heteroatoms. The highest BCUT2D eigenvalue weighted by Crippen LogP contribution is 2.14. The highest BCUT2D eigenvalue weighted by atomic mass is 14.9. The number of hydrogen-bond acceptors (Lipinski definition) is 2. The fraction of sp³-hybridized carbons (Fsp3) is 0.643. The van der Waals surface area contributed by atoms with Crippen molar-refractivity contribution in [3.05, 3.63) is 30.1 Å². The summed E-state index contributed by atoms with van der Waals surface area (Å²) in [6.07, 6.45) is 8.76. The van der Waals surface area contributed by atoms with Crippen LogP contribution in [0.1, 0.15) is 58.1 Å². The first-order chi connectivity index (χ1) is 7.77. The van der Waals surface area contributed by atoms with Gasteiger partial charge in [0.15, 0.2) is 0 Å². The summed E-state index contributed by atoms with van der Waals surface area (Å²) >= 11 is 0. The Morgan fingerprint density at radius 2 is 1.69 bits per heavy atom. The van der Waals surface area contributed by atoms with Gasteiger partial charge in [-0.15, -0.1) is 0 Å². The van der Waals surface area contributed by atoms with E-state index >= 15 is 0 Å². The smallest absolute Gasteiger partial charge is 0.0295 e. The lowest BCUT2D eigenvalue weighted by atomic mass is 10.0. The highest BCUT2D eigenvalue weighted by molar-refractivity contribution is 5.14. The van der Waals surface area contributed by atoms with Crippen LogP contribution in [-0.4, -0.2) is 11.0 Å². The molecule has 1 heterocycles. The molecular weight excluding hydrogens is 196 g/mol. The van der Waals surface area contributed by atoms with Crippen molar-refractivity contribution < 1.29 is 0 Å². The minimum Gasteiger partial charge on any atom is -0.307 e. The van der Waals surface area contributed by atoms with Crippen molar-refractivity contribution in [1.82, 2.24) is 10.3 Å². The SMILES string of the molecule is CCCC(CCC)NC(C)c1ccncc1. The second kappa shape index (κ2) is 7.39. The largest absolute Gasteiger partial charge is 0.307 e. The van der Waals surface area contributed by atoms with Crippen LogP contribution in [0.15, 0.2) is 24.5 Å². The van der Waals surface area contributed by atoms with Crippen LogP contribution in [0.4, 0.5) is 0 Å². The van der Waals surface area contributed by atoms with E-state index < -0.39 is 0 Å². The molecule has 1 rings (SSSR count). The van der Waals surface area contributed by atoms with Crippen molar-refractivity contribution in [3.8, 4) is 0 Å². The Morgan fingerprint density at radius 1 is 1.12 bits per heavy atom. The Morgan fingerprint density at radius 3 is 2.19 bits per heavy atom. The molecule has 2 nitrogen and oxygen atoms in total. The molecule has 1 atom stereocenters. The summed E-state index contributed by atoms with van der Waals surface area (Å²) in [5, 5.41) is 3.71. The first-order valence-electron chi connectivity index (χ1n) is 6.43. The molecule has 0 bridgehead atoms. The molecular formula is C14H24N2. The lowest BCUT2D eigenvalue weighted by molar-refractivity contribution is 0.402. The second-order valence-electron chi connectivity index (χ2n) is 4.44. The van der Waals surface area contributed by atoms with E-state index in [0.717, 1.165) is 0 Å². The third-order valence-corrected chi connectivity index (χ3v) is 2.97. The molecule has 0 spiro atoms. The molecule has 0 fully saturated rings. The van der Waals surface area contributed by atoms with Crippen LogP contribution in [0, 0.1) is 0 Å². The number of aromatic nitrogens is 1. The van der Waals surface area contributed by atoms with Crippen LogP contribution in [0.2, 0.25) is 0 Å². The monoisotopic (exact) mass is 220 g/mol. The average Bonchev–Trinajstić information content (AvgIpc) is 2.31. The van der Waals surface area contributed by atoms with E-state index in [2.05, 4.69) is 43.2 Å². The molecule has 1 unspecified atom stereocenters. The van der Waals surface area contributed by atoms with Crippen LogP contribution >= 0.6 is 0 Å². The van der Waals surface area contributed by atoms with Crippen molar-refractivity contribution in [2.24, 2.45) is 0 Å². The highest BCUT2D eigenvalue weighted by Gasteiger charge is 2.11. The number of nitrogens with zero attached hydrogens (tertiary/aromatic N) is 1. The van der Waals surface area contributed by atoms with Gasteiger partial charge in [-0.2, -0.15) is 0 Å². The van der Waals surface area contributed by atoms with E-state index in [-0.39, 0.29) is 0 Å². The van der Waals surface area contributed by atoms with Gasteiger partial charge in [-0.25, -0.2) is 0 Å². The zero-order valence-electron chi connectivity index (χ0n) is 10.7. The Labute approximate surface area is 99.5 Å². The molecule has 0 saturated heterocycles. The zero-order chi connectivity index (χ0) is 11.8. The van der Waals surface area contributed by atoms with Gasteiger partial charge in [0, 0.05) is 24.5 Å². The Bertz CT molecular complexity index is 265. The molecule has 0 aromatic carbocycles. The van der Waals surface area contributed by atoms with E-state index in [0.29, 0.717) is 12.1 Å². The van der Waals surface area contributed by atoms with Gasteiger partial charge in [-0.1, -0.05) is 26.7 Å². The van der Waals surface area contributed by atoms with E-state index in [4.69, 9.17) is 0 Å². The van der Waals surface area contributed by atoms with E-state index in [1.165, 1.54) is 31.2 Å². The second-order valence-corrected chi connectivity index (χ2v) is 4.44. The lowest BCUT2D eigenvalue weighted by Gasteiger charge is -2.23. The van der Waals surface area contributed by atoms with Crippen LogP contribution in [0.25, 0.3) is 0 Å². The Hall–Kier alpha value is -0.890. The van der Waals surface area contributed by atoms with Gasteiger partial charge in [-0.05, 0) is 37.5 Å². The van der Waals surface area contributed by atoms with Crippen LogP contribution in [0.5, 0.6) is 0 Å². The maximum Gasteiger partial charge on any atom is 0.0295 e. The third-order valence-electron chi connectivity index (χ3n) is 2.97. The molecule has 0 aliphatic carbocycles. The predicted molar refractivity (Wildman–Crippen MR) is 69.4 cm³/mol. The first kappa shape index (κ1) is 13.2. The summed E-state index contributed by atoms with van der Waals surface area (Å²) in [6, 6.07) is 5.25. The molecule has 1 N–H and O–H groups in total. The van der Waals surface area contributed by atoms with Gasteiger partial charge in [0.25, 0.3) is 0 Å². The maximum absolute atomic E-state index is 4.05.